The normalized spacial score (nSPS) is 14.9. The van der Waals surface area contributed by atoms with Crippen molar-refractivity contribution >= 4 is 56.7 Å². The number of halogens is 1. The van der Waals surface area contributed by atoms with Crippen molar-refractivity contribution < 1.29 is 14.3 Å². The molecule has 1 aromatic carbocycles. The van der Waals surface area contributed by atoms with Crippen LogP contribution in [-0.4, -0.2) is 59.1 Å². The van der Waals surface area contributed by atoms with Gasteiger partial charge in [0.05, 0.1) is 28.3 Å². The molecular weight excluding hydrogens is 418 g/mol. The van der Waals surface area contributed by atoms with Gasteiger partial charge < -0.3 is 14.2 Å². The third-order valence-corrected chi connectivity index (χ3v) is 6.62. The number of ether oxygens (including phenoxy) is 1. The fraction of sp³-hybridized carbons (Fsp3) is 0.526. The van der Waals surface area contributed by atoms with Crippen LogP contribution in [0, 0.1) is 0 Å². The van der Waals surface area contributed by atoms with Crippen LogP contribution in [0.15, 0.2) is 23.2 Å². The van der Waals surface area contributed by atoms with E-state index in [9.17, 15) is 9.59 Å². The first kappa shape index (κ1) is 21.4. The molecule has 2 amide bonds. The SMILES string of the molecule is CCOCCn1c(=NC(=O)CSCC(=O)N2CCCC2)sc2cc(Cl)ccc21. The highest BCUT2D eigenvalue weighted by molar-refractivity contribution is 8.00. The number of amides is 2. The lowest BCUT2D eigenvalue weighted by atomic mass is 10.3. The molecule has 2 heterocycles. The number of thiazole rings is 1. The molecule has 0 spiro atoms. The minimum atomic E-state index is -0.234. The Labute approximate surface area is 177 Å². The van der Waals surface area contributed by atoms with Gasteiger partial charge in [0, 0.05) is 31.3 Å². The summed E-state index contributed by atoms with van der Waals surface area (Å²) < 4.78 is 8.43. The minimum Gasteiger partial charge on any atom is -0.380 e. The molecule has 0 bridgehead atoms. The van der Waals surface area contributed by atoms with E-state index in [1.165, 1.54) is 23.1 Å². The molecule has 1 saturated heterocycles. The van der Waals surface area contributed by atoms with Crippen LogP contribution in [0.5, 0.6) is 0 Å². The van der Waals surface area contributed by atoms with Gasteiger partial charge in [-0.2, -0.15) is 4.99 Å². The highest BCUT2D eigenvalue weighted by Gasteiger charge is 2.18. The summed E-state index contributed by atoms with van der Waals surface area (Å²) in [6, 6.07) is 5.65. The van der Waals surface area contributed by atoms with Gasteiger partial charge in [0.15, 0.2) is 4.80 Å². The van der Waals surface area contributed by atoms with E-state index in [1.54, 1.807) is 0 Å². The zero-order valence-electron chi connectivity index (χ0n) is 15.9. The van der Waals surface area contributed by atoms with Crippen LogP contribution in [0.25, 0.3) is 10.2 Å². The predicted octanol–water partition coefficient (Wildman–Crippen LogP) is 3.18. The average Bonchev–Trinajstić information content (AvgIpc) is 3.30. The third kappa shape index (κ3) is 5.59. The van der Waals surface area contributed by atoms with Crippen LogP contribution in [0.3, 0.4) is 0 Å². The van der Waals surface area contributed by atoms with Gasteiger partial charge in [-0.05, 0) is 38.0 Å². The van der Waals surface area contributed by atoms with Crippen molar-refractivity contribution in [2.75, 3.05) is 37.8 Å². The zero-order chi connectivity index (χ0) is 19.9. The summed E-state index contributed by atoms with van der Waals surface area (Å²) >= 11 is 8.86. The van der Waals surface area contributed by atoms with Crippen molar-refractivity contribution in [1.82, 2.24) is 9.47 Å². The molecule has 0 radical (unpaired) electrons. The Morgan fingerprint density at radius 2 is 2.07 bits per heavy atom. The largest absolute Gasteiger partial charge is 0.380 e. The van der Waals surface area contributed by atoms with Crippen LogP contribution in [-0.2, 0) is 20.9 Å². The van der Waals surface area contributed by atoms with E-state index in [0.29, 0.717) is 35.3 Å². The third-order valence-electron chi connectivity index (χ3n) is 4.44. The summed E-state index contributed by atoms with van der Waals surface area (Å²) in [7, 11) is 0. The van der Waals surface area contributed by atoms with E-state index in [-0.39, 0.29) is 17.6 Å². The van der Waals surface area contributed by atoms with Gasteiger partial charge in [0.1, 0.15) is 0 Å². The molecular formula is C19H24ClN3O3S2. The Morgan fingerprint density at radius 3 is 2.82 bits per heavy atom. The van der Waals surface area contributed by atoms with Crippen molar-refractivity contribution in [3.8, 4) is 0 Å². The lowest BCUT2D eigenvalue weighted by Crippen LogP contribution is -2.29. The molecule has 1 aliphatic rings. The number of aromatic nitrogens is 1. The van der Waals surface area contributed by atoms with Crippen molar-refractivity contribution in [3.63, 3.8) is 0 Å². The molecule has 6 nitrogen and oxygen atoms in total. The van der Waals surface area contributed by atoms with Crippen molar-refractivity contribution in [2.45, 2.75) is 26.3 Å². The standard InChI is InChI=1S/C19H24ClN3O3S2/c1-2-26-10-9-23-15-6-5-14(20)11-16(15)28-19(23)21-17(24)12-27-13-18(25)22-7-3-4-8-22/h5-6,11H,2-4,7-10,12-13H2,1H3. The topological polar surface area (TPSA) is 63.9 Å². The average molecular weight is 442 g/mol. The molecule has 9 heteroatoms. The fourth-order valence-corrected chi connectivity index (χ4v) is 5.12. The highest BCUT2D eigenvalue weighted by Crippen LogP contribution is 2.22. The first-order valence-corrected chi connectivity index (χ1v) is 11.7. The Bertz CT molecular complexity index is 903. The van der Waals surface area contributed by atoms with Gasteiger partial charge in [-0.25, -0.2) is 0 Å². The van der Waals surface area contributed by atoms with Gasteiger partial charge in [-0.15, -0.1) is 11.8 Å². The number of likely N-dealkylation sites (tertiary alicyclic amines) is 1. The fourth-order valence-electron chi connectivity index (χ4n) is 3.07. The lowest BCUT2D eigenvalue weighted by Gasteiger charge is -2.14. The number of nitrogens with zero attached hydrogens (tertiary/aromatic N) is 3. The van der Waals surface area contributed by atoms with Crippen LogP contribution in [0.4, 0.5) is 0 Å². The predicted molar refractivity (Wildman–Crippen MR) is 115 cm³/mol. The summed E-state index contributed by atoms with van der Waals surface area (Å²) in [4.78, 5) is 31.2. The van der Waals surface area contributed by atoms with E-state index in [2.05, 4.69) is 4.99 Å². The Morgan fingerprint density at radius 1 is 1.29 bits per heavy atom. The molecule has 0 N–H and O–H groups in total. The Balaban J connectivity index is 1.69. The quantitative estimate of drug-likeness (QED) is 0.590. The van der Waals surface area contributed by atoms with E-state index in [0.717, 1.165) is 36.1 Å². The van der Waals surface area contributed by atoms with E-state index in [4.69, 9.17) is 16.3 Å². The number of fused-ring (bicyclic) bond motifs is 1. The van der Waals surface area contributed by atoms with Gasteiger partial charge in [-0.3, -0.25) is 9.59 Å². The summed E-state index contributed by atoms with van der Waals surface area (Å²) in [5.74, 6) is 0.397. The number of carbonyl (C=O) groups is 2. The number of benzene rings is 1. The smallest absolute Gasteiger partial charge is 0.258 e. The zero-order valence-corrected chi connectivity index (χ0v) is 18.2. The van der Waals surface area contributed by atoms with Crippen LogP contribution < -0.4 is 4.80 Å². The van der Waals surface area contributed by atoms with Crippen molar-refractivity contribution in [3.05, 3.63) is 28.0 Å². The molecule has 3 rings (SSSR count). The maximum Gasteiger partial charge on any atom is 0.258 e. The van der Waals surface area contributed by atoms with Gasteiger partial charge in [0.2, 0.25) is 5.91 Å². The highest BCUT2D eigenvalue weighted by atomic mass is 35.5. The molecule has 1 fully saturated rings. The van der Waals surface area contributed by atoms with Gasteiger partial charge in [0.25, 0.3) is 5.91 Å². The number of carbonyl (C=O) groups excluding carboxylic acids is 2. The molecule has 0 unspecified atom stereocenters. The molecule has 1 aromatic heterocycles. The molecule has 0 atom stereocenters. The van der Waals surface area contributed by atoms with E-state index >= 15 is 0 Å². The first-order valence-electron chi connectivity index (χ1n) is 9.38. The molecule has 28 heavy (non-hydrogen) atoms. The second kappa shape index (κ2) is 10.4. The van der Waals surface area contributed by atoms with Crippen molar-refractivity contribution in [2.24, 2.45) is 4.99 Å². The summed E-state index contributed by atoms with van der Waals surface area (Å²) in [5, 5.41) is 0.652. The van der Waals surface area contributed by atoms with E-state index < -0.39 is 0 Å². The molecule has 152 valence electrons. The maximum absolute atomic E-state index is 12.4. The summed E-state index contributed by atoms with van der Waals surface area (Å²) in [5.41, 5.74) is 0.984. The van der Waals surface area contributed by atoms with Crippen LogP contribution in [0.2, 0.25) is 5.02 Å². The van der Waals surface area contributed by atoms with Gasteiger partial charge >= 0.3 is 0 Å². The number of hydrogen-bond donors (Lipinski definition) is 0. The van der Waals surface area contributed by atoms with Crippen molar-refractivity contribution in [1.29, 1.82) is 0 Å². The summed E-state index contributed by atoms with van der Waals surface area (Å²) in [6.07, 6.45) is 2.14. The lowest BCUT2D eigenvalue weighted by molar-refractivity contribution is -0.127. The number of rotatable bonds is 8. The van der Waals surface area contributed by atoms with Crippen LogP contribution >= 0.6 is 34.7 Å². The summed E-state index contributed by atoms with van der Waals surface area (Å²) in [6.45, 7) is 5.42. The Hall–Kier alpha value is -1.35. The number of thioether (sulfide) groups is 1. The Kier molecular flexibility index (Phi) is 7.96. The molecule has 0 saturated carbocycles. The monoisotopic (exact) mass is 441 g/mol. The molecule has 2 aromatic rings. The minimum absolute atomic E-state index is 0.110. The second-order valence-electron chi connectivity index (χ2n) is 6.43. The van der Waals surface area contributed by atoms with Gasteiger partial charge in [-0.1, -0.05) is 22.9 Å². The second-order valence-corrected chi connectivity index (χ2v) is 8.86. The van der Waals surface area contributed by atoms with Crippen LogP contribution in [0.1, 0.15) is 19.8 Å². The number of hydrogen-bond acceptors (Lipinski definition) is 5. The molecule has 1 aliphatic heterocycles. The maximum atomic E-state index is 12.4. The first-order chi connectivity index (χ1) is 13.6. The van der Waals surface area contributed by atoms with E-state index in [1.807, 2.05) is 34.6 Å². The molecule has 0 aliphatic carbocycles.